The molecule has 122 valence electrons. The number of methoxy groups -OCH3 is 1. The molecule has 1 aliphatic carbocycles. The molecule has 1 aliphatic rings. The predicted molar refractivity (Wildman–Crippen MR) is 90.0 cm³/mol. The van der Waals surface area contributed by atoms with Crippen LogP contribution < -0.4 is 5.73 Å². The van der Waals surface area contributed by atoms with Crippen LogP contribution in [0.2, 0.25) is 0 Å². The fraction of sp³-hybridized carbons (Fsp3) is 0.333. The second-order valence-corrected chi connectivity index (χ2v) is 8.11. The van der Waals surface area contributed by atoms with Crippen LogP contribution in [0.5, 0.6) is 0 Å². The van der Waals surface area contributed by atoms with E-state index in [0.717, 1.165) is 5.56 Å². The molecule has 3 atom stereocenters. The largest absolute Gasteiger partial charge is 0.384 e. The van der Waals surface area contributed by atoms with Gasteiger partial charge in [-0.2, -0.15) is 0 Å². The van der Waals surface area contributed by atoms with Gasteiger partial charge in [-0.3, -0.25) is 0 Å². The van der Waals surface area contributed by atoms with Crippen LogP contribution in [0.15, 0.2) is 65.6 Å². The summed E-state index contributed by atoms with van der Waals surface area (Å²) >= 11 is 0. The van der Waals surface area contributed by atoms with E-state index < -0.39 is 20.5 Å². The van der Waals surface area contributed by atoms with Crippen molar-refractivity contribution < 1.29 is 13.2 Å². The van der Waals surface area contributed by atoms with Gasteiger partial charge in [0, 0.05) is 25.0 Å². The van der Waals surface area contributed by atoms with Crippen LogP contribution in [0.25, 0.3) is 0 Å². The summed E-state index contributed by atoms with van der Waals surface area (Å²) in [6, 6.07) is 18.3. The molecule has 0 heterocycles. The van der Waals surface area contributed by atoms with Gasteiger partial charge in [-0.1, -0.05) is 48.5 Å². The smallest absolute Gasteiger partial charge is 0.182 e. The van der Waals surface area contributed by atoms with Crippen LogP contribution >= 0.6 is 0 Å². The maximum atomic E-state index is 13.1. The molecule has 2 aromatic rings. The fourth-order valence-corrected chi connectivity index (χ4v) is 6.07. The quantitative estimate of drug-likeness (QED) is 0.881. The number of ether oxygens (including phenoxy) is 1. The summed E-state index contributed by atoms with van der Waals surface area (Å²) in [5.74, 6) is -0.140. The highest BCUT2D eigenvalue weighted by Gasteiger charge is 2.70. The second-order valence-electron chi connectivity index (χ2n) is 6.04. The van der Waals surface area contributed by atoms with Crippen molar-refractivity contribution >= 4 is 9.84 Å². The molecular weight excluding hydrogens is 310 g/mol. The molecule has 3 rings (SSSR count). The van der Waals surface area contributed by atoms with Crippen molar-refractivity contribution in [2.24, 2.45) is 11.1 Å². The van der Waals surface area contributed by atoms with E-state index in [4.69, 9.17) is 10.5 Å². The van der Waals surface area contributed by atoms with Crippen LogP contribution in [0.1, 0.15) is 11.5 Å². The standard InChI is InChI=1S/C18H21NO3S/c1-22-13-18(12-19)16(14-8-4-2-5-9-14)17(18)23(20,21)15-10-6-3-7-11-15/h2-11,16-17H,12-13,19H2,1H3/t16-,17-,18+/m0/s1. The monoisotopic (exact) mass is 331 g/mol. The minimum Gasteiger partial charge on any atom is -0.384 e. The number of sulfone groups is 1. The van der Waals surface area contributed by atoms with Gasteiger partial charge >= 0.3 is 0 Å². The Kier molecular flexibility index (Phi) is 4.27. The zero-order valence-corrected chi connectivity index (χ0v) is 13.9. The minimum absolute atomic E-state index is 0.140. The van der Waals surface area contributed by atoms with Gasteiger partial charge in [0.2, 0.25) is 0 Å². The third-order valence-electron chi connectivity index (χ3n) is 4.74. The Bertz CT molecular complexity index is 761. The van der Waals surface area contributed by atoms with Crippen LogP contribution in [-0.2, 0) is 14.6 Å². The van der Waals surface area contributed by atoms with Gasteiger partial charge in [-0.25, -0.2) is 8.42 Å². The Hall–Kier alpha value is -1.69. The maximum absolute atomic E-state index is 13.1. The second kappa shape index (κ2) is 6.07. The van der Waals surface area contributed by atoms with Crippen LogP contribution in [-0.4, -0.2) is 33.9 Å². The van der Waals surface area contributed by atoms with Crippen molar-refractivity contribution in [2.75, 3.05) is 20.3 Å². The fourth-order valence-electron chi connectivity index (χ4n) is 3.61. The van der Waals surface area contributed by atoms with E-state index in [9.17, 15) is 8.42 Å². The van der Waals surface area contributed by atoms with Gasteiger partial charge in [-0.15, -0.1) is 0 Å². The van der Waals surface area contributed by atoms with E-state index in [1.807, 2.05) is 36.4 Å². The molecule has 2 aromatic carbocycles. The molecule has 0 amide bonds. The summed E-state index contributed by atoms with van der Waals surface area (Å²) in [5.41, 5.74) is 6.44. The summed E-state index contributed by atoms with van der Waals surface area (Å²) in [6.07, 6.45) is 0. The summed E-state index contributed by atoms with van der Waals surface area (Å²) < 4.78 is 31.6. The molecule has 1 saturated carbocycles. The number of hydrogen-bond acceptors (Lipinski definition) is 4. The summed E-state index contributed by atoms with van der Waals surface area (Å²) in [4.78, 5) is 0.345. The first-order chi connectivity index (χ1) is 11.1. The number of hydrogen-bond donors (Lipinski definition) is 1. The highest BCUT2D eigenvalue weighted by Crippen LogP contribution is 2.63. The van der Waals surface area contributed by atoms with Crippen LogP contribution in [0.4, 0.5) is 0 Å². The van der Waals surface area contributed by atoms with Crippen molar-refractivity contribution in [1.82, 2.24) is 0 Å². The van der Waals surface area contributed by atoms with Crippen LogP contribution in [0.3, 0.4) is 0 Å². The Labute approximate surface area is 137 Å². The van der Waals surface area contributed by atoms with E-state index in [0.29, 0.717) is 11.5 Å². The predicted octanol–water partition coefficient (Wildman–Crippen LogP) is 2.22. The van der Waals surface area contributed by atoms with E-state index in [1.165, 1.54) is 0 Å². The molecule has 0 radical (unpaired) electrons. The highest BCUT2D eigenvalue weighted by molar-refractivity contribution is 7.92. The topological polar surface area (TPSA) is 69.4 Å². The zero-order valence-electron chi connectivity index (χ0n) is 13.1. The third-order valence-corrected chi connectivity index (χ3v) is 7.08. The molecule has 1 fully saturated rings. The molecule has 0 bridgehead atoms. The molecule has 2 N–H and O–H groups in total. The van der Waals surface area contributed by atoms with Gasteiger partial charge in [-0.05, 0) is 17.7 Å². The lowest BCUT2D eigenvalue weighted by atomic mass is 10.0. The van der Waals surface area contributed by atoms with Crippen molar-refractivity contribution in [3.05, 3.63) is 66.2 Å². The van der Waals surface area contributed by atoms with Crippen molar-refractivity contribution in [2.45, 2.75) is 16.1 Å². The molecular formula is C18H21NO3S. The maximum Gasteiger partial charge on any atom is 0.182 e. The molecule has 4 nitrogen and oxygen atoms in total. The first-order valence-corrected chi connectivity index (χ1v) is 9.15. The van der Waals surface area contributed by atoms with E-state index >= 15 is 0 Å². The van der Waals surface area contributed by atoms with Gasteiger partial charge in [0.15, 0.2) is 9.84 Å². The lowest BCUT2D eigenvalue weighted by molar-refractivity contribution is 0.142. The molecule has 0 saturated heterocycles. The van der Waals surface area contributed by atoms with E-state index in [-0.39, 0.29) is 12.5 Å². The van der Waals surface area contributed by atoms with Gasteiger partial charge < -0.3 is 10.5 Å². The van der Waals surface area contributed by atoms with Gasteiger partial charge in [0.1, 0.15) is 0 Å². The Balaban J connectivity index is 2.06. The highest BCUT2D eigenvalue weighted by atomic mass is 32.2. The first-order valence-electron chi connectivity index (χ1n) is 7.61. The van der Waals surface area contributed by atoms with Crippen molar-refractivity contribution in [3.63, 3.8) is 0 Å². The number of rotatable bonds is 6. The number of benzene rings is 2. The molecule has 0 aromatic heterocycles. The van der Waals surface area contributed by atoms with Crippen molar-refractivity contribution in [1.29, 1.82) is 0 Å². The Morgan fingerprint density at radius 2 is 1.61 bits per heavy atom. The summed E-state index contributed by atoms with van der Waals surface area (Å²) in [7, 11) is -1.88. The van der Waals surface area contributed by atoms with Crippen LogP contribution in [0, 0.1) is 5.41 Å². The molecule has 5 heteroatoms. The zero-order chi connectivity index (χ0) is 16.5. The summed E-state index contributed by atoms with van der Waals surface area (Å²) in [6.45, 7) is 0.608. The SMILES string of the molecule is COC[C@]1(CN)[C@@H](c2ccccc2)[C@@H]1S(=O)(=O)c1ccccc1. The average molecular weight is 331 g/mol. The Morgan fingerprint density at radius 3 is 2.13 bits per heavy atom. The minimum atomic E-state index is -3.47. The van der Waals surface area contributed by atoms with Gasteiger partial charge in [0.05, 0.1) is 16.8 Å². The van der Waals surface area contributed by atoms with E-state index in [2.05, 4.69) is 0 Å². The summed E-state index contributed by atoms with van der Waals surface area (Å²) in [5, 5.41) is -0.551. The third kappa shape index (κ3) is 2.59. The molecule has 0 aliphatic heterocycles. The average Bonchev–Trinajstić information content (AvgIpc) is 3.27. The lowest BCUT2D eigenvalue weighted by Gasteiger charge is -2.14. The molecule has 0 unspecified atom stereocenters. The molecule has 0 spiro atoms. The van der Waals surface area contributed by atoms with E-state index in [1.54, 1.807) is 31.4 Å². The van der Waals surface area contributed by atoms with Gasteiger partial charge in [0.25, 0.3) is 0 Å². The molecule has 23 heavy (non-hydrogen) atoms. The first kappa shape index (κ1) is 16.2. The Morgan fingerprint density at radius 1 is 1.04 bits per heavy atom. The normalized spacial score (nSPS) is 26.9. The number of nitrogens with two attached hydrogens (primary N) is 1. The lowest BCUT2D eigenvalue weighted by Crippen LogP contribution is -2.28. The van der Waals surface area contributed by atoms with Crippen molar-refractivity contribution in [3.8, 4) is 0 Å².